The zero-order chi connectivity index (χ0) is 35.8. The number of aryl methyl sites for hydroxylation is 2. The molecule has 1 unspecified atom stereocenters. The summed E-state index contributed by atoms with van der Waals surface area (Å²) in [6.07, 6.45) is 1.81. The van der Waals surface area contributed by atoms with Gasteiger partial charge in [0.05, 0.1) is 25.3 Å². The van der Waals surface area contributed by atoms with Crippen molar-refractivity contribution >= 4 is 23.5 Å². The summed E-state index contributed by atoms with van der Waals surface area (Å²) in [7, 11) is 3.18. The quantitative estimate of drug-likeness (QED) is 0.127. The lowest BCUT2D eigenvalue weighted by atomic mass is 9.72. The van der Waals surface area contributed by atoms with Crippen LogP contribution in [0.25, 0.3) is 0 Å². The molecule has 1 fully saturated rings. The van der Waals surface area contributed by atoms with Crippen molar-refractivity contribution in [1.82, 2.24) is 15.5 Å². The van der Waals surface area contributed by atoms with Gasteiger partial charge in [-0.2, -0.15) is 5.26 Å². The molecule has 5 atom stereocenters. The molecule has 3 aromatic carbocycles. The first-order valence-electron chi connectivity index (χ1n) is 17.1. The third kappa shape index (κ3) is 6.22. The fourth-order valence-corrected chi connectivity index (χ4v) is 8.39. The second-order valence-corrected chi connectivity index (χ2v) is 13.5. The minimum absolute atomic E-state index is 0.0132. The number of benzene rings is 3. The topological polar surface area (TPSA) is 141 Å². The Morgan fingerprint density at radius 2 is 1.86 bits per heavy atom. The van der Waals surface area contributed by atoms with E-state index in [1.807, 2.05) is 44.2 Å². The smallest absolute Gasteiger partial charge is 0.326 e. The number of nitrogens with zero attached hydrogens (tertiary/aromatic N) is 2. The van der Waals surface area contributed by atoms with Gasteiger partial charge in [0.1, 0.15) is 17.7 Å². The van der Waals surface area contributed by atoms with Crippen molar-refractivity contribution in [2.75, 3.05) is 40.2 Å². The molecule has 12 nitrogen and oxygen atoms in total. The number of piperazine rings is 1. The third-order valence-corrected chi connectivity index (χ3v) is 10.6. The van der Waals surface area contributed by atoms with Crippen molar-refractivity contribution in [3.8, 4) is 34.8 Å². The molecule has 1 saturated heterocycles. The van der Waals surface area contributed by atoms with E-state index in [1.165, 1.54) is 0 Å². The van der Waals surface area contributed by atoms with Crippen molar-refractivity contribution in [2.45, 2.75) is 69.7 Å². The number of hydrogen-bond acceptors (Lipinski definition) is 11. The van der Waals surface area contributed by atoms with Gasteiger partial charge in [-0.25, -0.2) is 0 Å². The molecule has 7 rings (SSSR count). The Kier molecular flexibility index (Phi) is 9.99. The van der Waals surface area contributed by atoms with Crippen LogP contribution in [0.3, 0.4) is 0 Å². The average molecular weight is 717 g/mol. The maximum atomic E-state index is 13.4. The molecule has 51 heavy (non-hydrogen) atoms. The van der Waals surface area contributed by atoms with E-state index in [4.69, 9.17) is 40.0 Å². The first kappa shape index (κ1) is 34.9. The van der Waals surface area contributed by atoms with Crippen LogP contribution in [0.2, 0.25) is 0 Å². The molecule has 1 amide bonds. The van der Waals surface area contributed by atoms with Crippen molar-refractivity contribution in [3.63, 3.8) is 0 Å². The van der Waals surface area contributed by atoms with Gasteiger partial charge in [0.25, 0.3) is 0 Å². The normalized spacial score (nSPS) is 22.5. The predicted molar refractivity (Wildman–Crippen MR) is 187 cm³/mol. The summed E-state index contributed by atoms with van der Waals surface area (Å²) >= 11 is 5.95. The molecule has 2 N–H and O–H groups in total. The summed E-state index contributed by atoms with van der Waals surface area (Å²) in [6.45, 7) is 3.97. The average Bonchev–Trinajstić information content (AvgIpc) is 3.64. The van der Waals surface area contributed by atoms with E-state index >= 15 is 0 Å². The highest BCUT2D eigenvalue weighted by Gasteiger charge is 2.54. The van der Waals surface area contributed by atoms with E-state index in [9.17, 15) is 14.9 Å². The number of halogens is 1. The second kappa shape index (κ2) is 14.6. The number of nitriles is 1. The second-order valence-electron chi connectivity index (χ2n) is 13.3. The van der Waals surface area contributed by atoms with Crippen LogP contribution < -0.4 is 34.3 Å². The summed E-state index contributed by atoms with van der Waals surface area (Å²) in [4.78, 5) is 28.4. The van der Waals surface area contributed by atoms with Crippen molar-refractivity contribution < 1.29 is 38.0 Å². The van der Waals surface area contributed by atoms with Crippen molar-refractivity contribution in [2.24, 2.45) is 0 Å². The molecule has 0 aromatic heterocycles. The lowest BCUT2D eigenvalue weighted by Crippen LogP contribution is -2.68. The van der Waals surface area contributed by atoms with Crippen LogP contribution in [0.1, 0.15) is 57.4 Å². The van der Waals surface area contributed by atoms with Gasteiger partial charge in [0.2, 0.25) is 12.7 Å². The molecule has 0 radical (unpaired) electrons. The standard InChI is InChI=1S/C38H41ClN4O8/c1-20-12-23-13-25-27(16-40)43-26(33(42-25)31(23)37(34(20)47-4)48-18-46-3)14-24-32(28(43)17-41-29(44)11-10-22-8-6-5-7-9-22)38-36(49-19-50-38)21(2)35(24)51-30(45)15-39/h5-9,12,25-28,33,42H,10-11,13-15,17-19H2,1-4H3,(H,41,44)/t25-,26?,27+,28+,33+/m1/s1. The van der Waals surface area contributed by atoms with E-state index in [1.54, 1.807) is 14.2 Å². The number of esters is 1. The van der Waals surface area contributed by atoms with Crippen LogP contribution in [-0.2, 0) is 33.6 Å². The first-order valence-corrected chi connectivity index (χ1v) is 17.6. The van der Waals surface area contributed by atoms with Gasteiger partial charge in [0, 0.05) is 54.4 Å². The van der Waals surface area contributed by atoms with Crippen LogP contribution in [0.4, 0.5) is 0 Å². The van der Waals surface area contributed by atoms with Gasteiger partial charge in [0.15, 0.2) is 29.8 Å². The number of hydrogen-bond donors (Lipinski definition) is 2. The minimum atomic E-state index is -0.607. The Hall–Kier alpha value is -4.54. The van der Waals surface area contributed by atoms with Crippen LogP contribution in [-0.4, -0.2) is 75.1 Å². The van der Waals surface area contributed by atoms with Gasteiger partial charge >= 0.3 is 5.97 Å². The number of ether oxygens (including phenoxy) is 6. The number of rotatable bonds is 11. The summed E-state index contributed by atoms with van der Waals surface area (Å²) < 4.78 is 35.5. The van der Waals surface area contributed by atoms with E-state index in [0.717, 1.165) is 33.4 Å². The number of alkyl halides is 1. The summed E-state index contributed by atoms with van der Waals surface area (Å²) in [6, 6.07) is 12.5. The van der Waals surface area contributed by atoms with Crippen molar-refractivity contribution in [3.05, 3.63) is 75.3 Å². The van der Waals surface area contributed by atoms with Gasteiger partial charge in [-0.15, -0.1) is 11.6 Å². The summed E-state index contributed by atoms with van der Waals surface area (Å²) in [5, 5.41) is 17.8. The number of carbonyl (C=O) groups excluding carboxylic acids is 2. The number of nitrogens with one attached hydrogen (secondary N) is 2. The molecule has 2 bridgehead atoms. The highest BCUT2D eigenvalue weighted by atomic mass is 35.5. The Labute approximate surface area is 301 Å². The van der Waals surface area contributed by atoms with Gasteiger partial charge in [-0.3, -0.25) is 14.5 Å². The van der Waals surface area contributed by atoms with Gasteiger partial charge < -0.3 is 39.1 Å². The summed E-state index contributed by atoms with van der Waals surface area (Å²) in [5.74, 6) is 1.46. The third-order valence-electron chi connectivity index (χ3n) is 10.4. The Morgan fingerprint density at radius 3 is 2.59 bits per heavy atom. The Balaban J connectivity index is 1.36. The number of amides is 1. The fraction of sp³-hybridized carbons (Fsp3) is 0.447. The molecular formula is C38H41ClN4O8. The van der Waals surface area contributed by atoms with E-state index in [0.29, 0.717) is 60.0 Å². The molecule has 4 aliphatic heterocycles. The maximum absolute atomic E-state index is 13.4. The molecule has 0 spiro atoms. The SMILES string of the molecule is COCOc1c(OC)c(C)cc2c1[C@H]1N[C@H](C2)[C@H](C#N)N2C1Cc1c(OC(=O)CCl)c(C)c3c(c1[C@@H]2CNC(=O)CCc1ccccc1)OCO3. The molecule has 0 saturated carbocycles. The monoisotopic (exact) mass is 716 g/mol. The minimum Gasteiger partial charge on any atom is -0.493 e. The Bertz CT molecular complexity index is 1880. The number of methoxy groups -OCH3 is 2. The van der Waals surface area contributed by atoms with Crippen molar-refractivity contribution in [1.29, 1.82) is 5.26 Å². The Morgan fingerprint density at radius 1 is 1.08 bits per heavy atom. The fourth-order valence-electron chi connectivity index (χ4n) is 8.33. The molecule has 268 valence electrons. The first-order chi connectivity index (χ1) is 24.8. The lowest BCUT2D eigenvalue weighted by molar-refractivity contribution is -0.131. The van der Waals surface area contributed by atoms with Gasteiger partial charge in [-0.05, 0) is 49.8 Å². The summed E-state index contributed by atoms with van der Waals surface area (Å²) in [5.41, 5.74) is 6.03. The predicted octanol–water partition coefficient (Wildman–Crippen LogP) is 4.35. The maximum Gasteiger partial charge on any atom is 0.326 e. The zero-order valence-electron chi connectivity index (χ0n) is 29.0. The van der Waals surface area contributed by atoms with Crippen LogP contribution in [0, 0.1) is 25.2 Å². The van der Waals surface area contributed by atoms with Crippen LogP contribution in [0.15, 0.2) is 36.4 Å². The molecule has 4 aliphatic rings. The van der Waals surface area contributed by atoms with Gasteiger partial charge in [-0.1, -0.05) is 36.4 Å². The highest BCUT2D eigenvalue weighted by Crippen LogP contribution is 2.57. The molecule has 0 aliphatic carbocycles. The van der Waals surface area contributed by atoms with E-state index < -0.39 is 18.1 Å². The number of carbonyl (C=O) groups is 2. The lowest BCUT2D eigenvalue weighted by Gasteiger charge is -2.56. The van der Waals surface area contributed by atoms with Crippen LogP contribution >= 0.6 is 11.6 Å². The van der Waals surface area contributed by atoms with Crippen LogP contribution in [0.5, 0.6) is 28.7 Å². The van der Waals surface area contributed by atoms with E-state index in [2.05, 4.69) is 27.7 Å². The molecule has 13 heteroatoms. The highest BCUT2D eigenvalue weighted by molar-refractivity contribution is 6.26. The number of fused-ring (bicyclic) bond motifs is 9. The molecule has 4 heterocycles. The van der Waals surface area contributed by atoms with E-state index in [-0.39, 0.29) is 50.0 Å². The largest absolute Gasteiger partial charge is 0.493 e. The molecular weight excluding hydrogens is 676 g/mol. The molecule has 3 aromatic rings. The zero-order valence-corrected chi connectivity index (χ0v) is 29.8.